The predicted octanol–water partition coefficient (Wildman–Crippen LogP) is 1.66. The molecule has 1 N–H and O–H groups in total. The van der Waals surface area contributed by atoms with Crippen LogP contribution in [-0.2, 0) is 13.1 Å². The topological polar surface area (TPSA) is 39.1 Å². The summed E-state index contributed by atoms with van der Waals surface area (Å²) in [5.74, 6) is 2.00. The van der Waals surface area contributed by atoms with Gasteiger partial charge in [0.25, 0.3) is 0 Å². The van der Waals surface area contributed by atoms with Gasteiger partial charge in [-0.2, -0.15) is 0 Å². The SMILES string of the molecule is COc1ccc(-c2cnc3n2CCNC3)cc1. The zero-order valence-corrected chi connectivity index (χ0v) is 9.81. The van der Waals surface area contributed by atoms with E-state index in [0.717, 1.165) is 31.2 Å². The van der Waals surface area contributed by atoms with Gasteiger partial charge >= 0.3 is 0 Å². The summed E-state index contributed by atoms with van der Waals surface area (Å²) in [6.45, 7) is 2.85. The quantitative estimate of drug-likeness (QED) is 0.851. The molecule has 0 saturated carbocycles. The molecule has 0 radical (unpaired) electrons. The highest BCUT2D eigenvalue weighted by Crippen LogP contribution is 2.24. The fraction of sp³-hybridized carbons (Fsp3) is 0.308. The summed E-state index contributed by atoms with van der Waals surface area (Å²) in [5.41, 5.74) is 2.37. The lowest BCUT2D eigenvalue weighted by molar-refractivity contribution is 0.415. The van der Waals surface area contributed by atoms with Crippen molar-refractivity contribution in [3.05, 3.63) is 36.3 Å². The first kappa shape index (κ1) is 10.4. The molecule has 0 amide bonds. The Hall–Kier alpha value is -1.81. The highest BCUT2D eigenvalue weighted by molar-refractivity contribution is 5.60. The van der Waals surface area contributed by atoms with Crippen molar-refractivity contribution >= 4 is 0 Å². The summed E-state index contributed by atoms with van der Waals surface area (Å²) in [6.07, 6.45) is 1.95. The number of nitrogens with one attached hydrogen (secondary N) is 1. The standard InChI is InChI=1S/C13H15N3O/c1-17-11-4-2-10(3-5-11)12-8-15-13-9-14-6-7-16(12)13/h2-5,8,14H,6-7,9H2,1H3. The summed E-state index contributed by atoms with van der Waals surface area (Å²) >= 11 is 0. The van der Waals surface area contributed by atoms with Gasteiger partial charge in [0, 0.05) is 18.7 Å². The minimum atomic E-state index is 0.857. The normalized spacial score (nSPS) is 14.4. The van der Waals surface area contributed by atoms with Crippen molar-refractivity contribution in [1.29, 1.82) is 0 Å². The van der Waals surface area contributed by atoms with Crippen molar-refractivity contribution in [2.75, 3.05) is 13.7 Å². The number of hydrogen-bond donors (Lipinski definition) is 1. The van der Waals surface area contributed by atoms with Crippen LogP contribution in [0.25, 0.3) is 11.3 Å². The van der Waals surface area contributed by atoms with E-state index in [2.05, 4.69) is 27.0 Å². The summed E-state index contributed by atoms with van der Waals surface area (Å²) in [6, 6.07) is 8.11. The van der Waals surface area contributed by atoms with Crippen LogP contribution in [0.5, 0.6) is 5.75 Å². The Labute approximate surface area is 100 Å². The molecule has 1 aliphatic heterocycles. The molecule has 17 heavy (non-hydrogen) atoms. The second-order valence-corrected chi connectivity index (χ2v) is 4.12. The highest BCUT2D eigenvalue weighted by atomic mass is 16.5. The molecule has 0 atom stereocenters. The molecule has 0 fully saturated rings. The van der Waals surface area contributed by atoms with Gasteiger partial charge in [0.15, 0.2) is 0 Å². The molecule has 0 unspecified atom stereocenters. The highest BCUT2D eigenvalue weighted by Gasteiger charge is 2.14. The van der Waals surface area contributed by atoms with E-state index in [1.165, 1.54) is 11.3 Å². The Kier molecular flexibility index (Phi) is 2.57. The van der Waals surface area contributed by atoms with Crippen LogP contribution >= 0.6 is 0 Å². The molecular weight excluding hydrogens is 214 g/mol. The third-order valence-corrected chi connectivity index (χ3v) is 3.12. The molecule has 88 valence electrons. The van der Waals surface area contributed by atoms with Gasteiger partial charge in [0.1, 0.15) is 11.6 Å². The van der Waals surface area contributed by atoms with E-state index in [0.29, 0.717) is 0 Å². The lowest BCUT2D eigenvalue weighted by Gasteiger charge is -2.17. The number of aromatic nitrogens is 2. The van der Waals surface area contributed by atoms with Crippen LogP contribution in [0.2, 0.25) is 0 Å². The van der Waals surface area contributed by atoms with E-state index in [1.807, 2.05) is 18.3 Å². The Morgan fingerprint density at radius 1 is 1.29 bits per heavy atom. The van der Waals surface area contributed by atoms with Gasteiger partial charge in [-0.15, -0.1) is 0 Å². The number of nitrogens with zero attached hydrogens (tertiary/aromatic N) is 2. The molecule has 1 aliphatic rings. The van der Waals surface area contributed by atoms with Gasteiger partial charge in [0.2, 0.25) is 0 Å². The predicted molar refractivity (Wildman–Crippen MR) is 65.9 cm³/mol. The Morgan fingerprint density at radius 2 is 2.12 bits per heavy atom. The van der Waals surface area contributed by atoms with Crippen molar-refractivity contribution < 1.29 is 4.74 Å². The fourth-order valence-corrected chi connectivity index (χ4v) is 2.19. The van der Waals surface area contributed by atoms with Crippen molar-refractivity contribution in [3.63, 3.8) is 0 Å². The second kappa shape index (κ2) is 4.22. The van der Waals surface area contributed by atoms with Crippen molar-refractivity contribution in [2.45, 2.75) is 13.1 Å². The Balaban J connectivity index is 2.00. The summed E-state index contributed by atoms with van der Waals surface area (Å²) < 4.78 is 7.44. The molecule has 3 rings (SSSR count). The molecule has 0 saturated heterocycles. The lowest BCUT2D eigenvalue weighted by Crippen LogP contribution is -2.28. The first-order valence-electron chi connectivity index (χ1n) is 5.78. The van der Waals surface area contributed by atoms with Gasteiger partial charge in [0.05, 0.1) is 25.5 Å². The number of hydrogen-bond acceptors (Lipinski definition) is 3. The van der Waals surface area contributed by atoms with Crippen molar-refractivity contribution in [3.8, 4) is 17.0 Å². The Bertz CT molecular complexity index is 516. The molecule has 1 aromatic carbocycles. The summed E-state index contributed by atoms with van der Waals surface area (Å²) in [4.78, 5) is 4.44. The van der Waals surface area contributed by atoms with E-state index in [1.54, 1.807) is 7.11 Å². The number of methoxy groups -OCH3 is 1. The van der Waals surface area contributed by atoms with Crippen molar-refractivity contribution in [2.24, 2.45) is 0 Å². The van der Waals surface area contributed by atoms with Crippen LogP contribution in [0.4, 0.5) is 0 Å². The van der Waals surface area contributed by atoms with E-state index >= 15 is 0 Å². The molecule has 0 spiro atoms. The van der Waals surface area contributed by atoms with E-state index in [-0.39, 0.29) is 0 Å². The second-order valence-electron chi connectivity index (χ2n) is 4.12. The maximum Gasteiger partial charge on any atom is 0.123 e. The zero-order valence-electron chi connectivity index (χ0n) is 9.81. The molecule has 4 heteroatoms. The largest absolute Gasteiger partial charge is 0.497 e. The number of imidazole rings is 1. The minimum Gasteiger partial charge on any atom is -0.497 e. The molecule has 2 aromatic rings. The maximum absolute atomic E-state index is 5.17. The number of benzene rings is 1. The van der Waals surface area contributed by atoms with E-state index < -0.39 is 0 Å². The summed E-state index contributed by atoms with van der Waals surface area (Å²) in [5, 5.41) is 3.32. The monoisotopic (exact) mass is 229 g/mol. The van der Waals surface area contributed by atoms with Crippen LogP contribution in [0.3, 0.4) is 0 Å². The lowest BCUT2D eigenvalue weighted by atomic mass is 10.1. The van der Waals surface area contributed by atoms with E-state index in [9.17, 15) is 0 Å². The smallest absolute Gasteiger partial charge is 0.123 e. The Morgan fingerprint density at radius 3 is 2.88 bits per heavy atom. The fourth-order valence-electron chi connectivity index (χ4n) is 2.19. The molecule has 0 bridgehead atoms. The third-order valence-electron chi connectivity index (χ3n) is 3.12. The molecule has 1 aromatic heterocycles. The van der Waals surface area contributed by atoms with Gasteiger partial charge in [-0.25, -0.2) is 4.98 Å². The first-order chi connectivity index (χ1) is 8.38. The van der Waals surface area contributed by atoms with Crippen LogP contribution < -0.4 is 10.1 Å². The van der Waals surface area contributed by atoms with Crippen LogP contribution in [0.1, 0.15) is 5.82 Å². The summed E-state index contributed by atoms with van der Waals surface area (Å²) in [7, 11) is 1.68. The van der Waals surface area contributed by atoms with Crippen molar-refractivity contribution in [1.82, 2.24) is 14.9 Å². The zero-order chi connectivity index (χ0) is 11.7. The minimum absolute atomic E-state index is 0.857. The van der Waals surface area contributed by atoms with Crippen LogP contribution in [0, 0.1) is 0 Å². The van der Waals surface area contributed by atoms with Gasteiger partial charge in [-0.05, 0) is 24.3 Å². The van der Waals surface area contributed by atoms with E-state index in [4.69, 9.17) is 4.74 Å². The first-order valence-corrected chi connectivity index (χ1v) is 5.78. The molecular formula is C13H15N3O. The van der Waals surface area contributed by atoms with Crippen LogP contribution in [0.15, 0.2) is 30.5 Å². The number of rotatable bonds is 2. The van der Waals surface area contributed by atoms with Crippen LogP contribution in [-0.4, -0.2) is 23.2 Å². The molecule has 2 heterocycles. The number of ether oxygens (including phenoxy) is 1. The molecule has 4 nitrogen and oxygen atoms in total. The van der Waals surface area contributed by atoms with Gasteiger partial charge < -0.3 is 14.6 Å². The molecule has 0 aliphatic carbocycles. The number of fused-ring (bicyclic) bond motifs is 1. The average molecular weight is 229 g/mol. The van der Waals surface area contributed by atoms with Gasteiger partial charge in [-0.3, -0.25) is 0 Å². The van der Waals surface area contributed by atoms with Gasteiger partial charge in [-0.1, -0.05) is 0 Å². The maximum atomic E-state index is 5.17. The third kappa shape index (κ3) is 1.80. The average Bonchev–Trinajstić information content (AvgIpc) is 2.83.